The molecule has 1 aromatic rings. The number of fused-ring (bicyclic) bond motifs is 1. The molecular formula is C42H67N3O10. The SMILES string of the molecule is CO[C@]1(C)C[C@H](O[C@H]2[C@H](C)[C@@H](O[C@@H]3O[C@H](C)C[C@H](N(C)C)[C@H]3O)[C@](C)(O)C[C@@H](C)CN(C)C(=O)[C@H](CC3=CCc4ccccc43)NC(=O)[C@@H]2C)O[C@@H](C)[C@@H]1O. The first-order valence-corrected chi connectivity index (χ1v) is 20.0. The van der Waals surface area contributed by atoms with Crippen LogP contribution in [0.4, 0.5) is 0 Å². The molecule has 15 atom stereocenters. The highest BCUT2D eigenvalue weighted by Gasteiger charge is 2.51. The van der Waals surface area contributed by atoms with Crippen molar-refractivity contribution in [2.75, 3.05) is 34.8 Å². The Hall–Kier alpha value is -2.46. The number of amides is 2. The monoisotopic (exact) mass is 773 g/mol. The summed E-state index contributed by atoms with van der Waals surface area (Å²) in [4.78, 5) is 32.4. The molecule has 3 aliphatic heterocycles. The molecule has 0 bridgehead atoms. The van der Waals surface area contributed by atoms with Gasteiger partial charge in [0, 0.05) is 45.5 Å². The van der Waals surface area contributed by atoms with E-state index in [4.69, 9.17) is 23.7 Å². The maximum absolute atomic E-state index is 14.6. The molecule has 3 heterocycles. The average molecular weight is 774 g/mol. The van der Waals surface area contributed by atoms with E-state index in [1.165, 1.54) is 12.7 Å². The van der Waals surface area contributed by atoms with E-state index in [2.05, 4.69) is 17.5 Å². The van der Waals surface area contributed by atoms with Crippen molar-refractivity contribution in [1.29, 1.82) is 0 Å². The second-order valence-corrected chi connectivity index (χ2v) is 17.6. The largest absolute Gasteiger partial charge is 0.387 e. The van der Waals surface area contributed by atoms with Crippen molar-refractivity contribution in [2.24, 2.45) is 17.8 Å². The van der Waals surface area contributed by atoms with Gasteiger partial charge in [0.25, 0.3) is 0 Å². The minimum Gasteiger partial charge on any atom is -0.387 e. The highest BCUT2D eigenvalue weighted by atomic mass is 16.7. The smallest absolute Gasteiger partial charge is 0.245 e. The van der Waals surface area contributed by atoms with Crippen molar-refractivity contribution in [2.45, 2.75) is 153 Å². The van der Waals surface area contributed by atoms with E-state index in [1.807, 2.05) is 58.0 Å². The normalized spacial score (nSPS) is 42.2. The van der Waals surface area contributed by atoms with E-state index in [1.54, 1.807) is 39.6 Å². The first kappa shape index (κ1) is 43.7. The Morgan fingerprint density at radius 2 is 1.71 bits per heavy atom. The molecule has 3 saturated heterocycles. The minimum atomic E-state index is -1.54. The van der Waals surface area contributed by atoms with E-state index in [9.17, 15) is 24.9 Å². The van der Waals surface area contributed by atoms with Crippen molar-refractivity contribution in [1.82, 2.24) is 15.1 Å². The summed E-state index contributed by atoms with van der Waals surface area (Å²) in [7, 11) is 7.06. The van der Waals surface area contributed by atoms with Gasteiger partial charge >= 0.3 is 0 Å². The Kier molecular flexibility index (Phi) is 14.0. The lowest BCUT2D eigenvalue weighted by atomic mass is 9.77. The van der Waals surface area contributed by atoms with Gasteiger partial charge in [0.1, 0.15) is 18.2 Å². The Balaban J connectivity index is 1.54. The molecule has 1 aliphatic carbocycles. The Morgan fingerprint density at radius 3 is 2.38 bits per heavy atom. The van der Waals surface area contributed by atoms with Crippen molar-refractivity contribution >= 4 is 17.4 Å². The van der Waals surface area contributed by atoms with Gasteiger partial charge in [0.05, 0.1) is 41.5 Å². The Morgan fingerprint density at radius 1 is 1.02 bits per heavy atom. The zero-order chi connectivity index (χ0) is 40.6. The third-order valence-electron chi connectivity index (χ3n) is 12.5. The molecular weight excluding hydrogens is 706 g/mol. The van der Waals surface area contributed by atoms with Gasteiger partial charge in [-0.15, -0.1) is 0 Å². The number of carbonyl (C=O) groups is 2. The van der Waals surface area contributed by atoms with Gasteiger partial charge in [-0.1, -0.05) is 51.1 Å². The molecule has 55 heavy (non-hydrogen) atoms. The summed E-state index contributed by atoms with van der Waals surface area (Å²) in [5.41, 5.74) is 0.722. The third kappa shape index (κ3) is 9.64. The second kappa shape index (κ2) is 17.6. The fraction of sp³-hybridized carbons (Fsp3) is 0.762. The van der Waals surface area contributed by atoms with E-state index >= 15 is 0 Å². The van der Waals surface area contributed by atoms with E-state index < -0.39 is 78.1 Å². The molecule has 0 radical (unpaired) electrons. The van der Waals surface area contributed by atoms with E-state index in [0.717, 1.165) is 17.6 Å². The number of ether oxygens (including phenoxy) is 5. The number of aliphatic hydroxyl groups is 3. The quantitative estimate of drug-likeness (QED) is 0.308. The average Bonchev–Trinajstić information content (AvgIpc) is 3.53. The maximum atomic E-state index is 14.6. The van der Waals surface area contributed by atoms with Crippen LogP contribution in [0.1, 0.15) is 85.3 Å². The number of nitrogens with one attached hydrogen (secondary N) is 1. The van der Waals surface area contributed by atoms with Crippen molar-refractivity contribution in [3.63, 3.8) is 0 Å². The molecule has 1 aromatic carbocycles. The fourth-order valence-electron chi connectivity index (χ4n) is 9.41. The van der Waals surface area contributed by atoms with Gasteiger partial charge in [-0.3, -0.25) is 9.59 Å². The van der Waals surface area contributed by atoms with Crippen LogP contribution < -0.4 is 5.32 Å². The number of hydrogen-bond acceptors (Lipinski definition) is 11. The topological polar surface area (TPSA) is 159 Å². The molecule has 310 valence electrons. The summed E-state index contributed by atoms with van der Waals surface area (Å²) >= 11 is 0. The third-order valence-corrected chi connectivity index (χ3v) is 12.5. The molecule has 0 saturated carbocycles. The standard InChI is InChI=1S/C42H67N3O10/c1-23-20-41(6,50)37(55-40-34(46)32(44(8)9)18-24(2)52-40)25(3)35(54-33-21-42(7,51-11)36(47)27(5)53-33)26(4)38(48)43-31(39(49)45(10)22-23)19-29-17-16-28-14-12-13-15-30(28)29/h12-15,17,23-27,31-37,40,46-47,50H,16,18-22H2,1-11H3,(H,43,48)/t23-,24-,25+,26-,27+,31+,32+,33+,34-,35+,36+,37-,40+,41-,42-/m1/s1. The predicted octanol–water partition coefficient (Wildman–Crippen LogP) is 3.12. The molecule has 3 fully saturated rings. The molecule has 13 nitrogen and oxygen atoms in total. The Labute approximate surface area is 327 Å². The summed E-state index contributed by atoms with van der Waals surface area (Å²) in [5, 5.41) is 38.2. The number of aliphatic hydroxyl groups excluding tert-OH is 2. The summed E-state index contributed by atoms with van der Waals surface area (Å²) in [6.07, 6.45) is -2.59. The lowest BCUT2D eigenvalue weighted by molar-refractivity contribution is -0.317. The van der Waals surface area contributed by atoms with Crippen LogP contribution >= 0.6 is 0 Å². The number of allylic oxidation sites excluding steroid dienone is 1. The molecule has 13 heteroatoms. The Bertz CT molecular complexity index is 1520. The summed E-state index contributed by atoms with van der Waals surface area (Å²) < 4.78 is 31.7. The van der Waals surface area contributed by atoms with Crippen LogP contribution in [0.25, 0.3) is 5.57 Å². The van der Waals surface area contributed by atoms with Crippen molar-refractivity contribution in [3.8, 4) is 0 Å². The number of hydrogen-bond donors (Lipinski definition) is 4. The van der Waals surface area contributed by atoms with Gasteiger partial charge in [-0.05, 0) is 83.7 Å². The number of rotatable bonds is 8. The summed E-state index contributed by atoms with van der Waals surface area (Å²) in [5.74, 6) is -2.41. The van der Waals surface area contributed by atoms with Crippen LogP contribution in [0.3, 0.4) is 0 Å². The molecule has 0 unspecified atom stereocenters. The predicted molar refractivity (Wildman–Crippen MR) is 208 cm³/mol. The first-order chi connectivity index (χ1) is 25.8. The number of nitrogens with zero attached hydrogens (tertiary/aromatic N) is 2. The van der Waals surface area contributed by atoms with Gasteiger partial charge in [-0.25, -0.2) is 0 Å². The lowest BCUT2D eigenvalue weighted by Gasteiger charge is -2.48. The summed E-state index contributed by atoms with van der Waals surface area (Å²) in [6.45, 7) is 13.1. The first-order valence-electron chi connectivity index (χ1n) is 20.0. The number of methoxy groups -OCH3 is 1. The van der Waals surface area contributed by atoms with Gasteiger partial charge in [0.15, 0.2) is 12.6 Å². The van der Waals surface area contributed by atoms with Crippen LogP contribution in [0.15, 0.2) is 30.3 Å². The van der Waals surface area contributed by atoms with Gasteiger partial charge in [-0.2, -0.15) is 0 Å². The molecule has 4 aliphatic rings. The zero-order valence-electron chi connectivity index (χ0n) is 34.7. The van der Waals surface area contributed by atoms with Gasteiger partial charge < -0.3 is 54.1 Å². The van der Waals surface area contributed by atoms with E-state index in [-0.39, 0.29) is 36.8 Å². The number of benzene rings is 1. The highest BCUT2D eigenvalue weighted by molar-refractivity contribution is 5.90. The molecule has 0 aromatic heterocycles. The van der Waals surface area contributed by atoms with Crippen molar-refractivity contribution in [3.05, 3.63) is 41.5 Å². The van der Waals surface area contributed by atoms with Crippen LogP contribution in [-0.2, 0) is 39.7 Å². The fourth-order valence-corrected chi connectivity index (χ4v) is 9.41. The van der Waals surface area contributed by atoms with Gasteiger partial charge in [0.2, 0.25) is 11.8 Å². The molecule has 2 amide bonds. The second-order valence-electron chi connectivity index (χ2n) is 17.6. The van der Waals surface area contributed by atoms with Crippen LogP contribution in [0, 0.1) is 17.8 Å². The zero-order valence-corrected chi connectivity index (χ0v) is 34.7. The van der Waals surface area contributed by atoms with Crippen LogP contribution in [0.2, 0.25) is 0 Å². The van der Waals surface area contributed by atoms with Crippen LogP contribution in [0.5, 0.6) is 0 Å². The molecule has 5 rings (SSSR count). The molecule has 0 spiro atoms. The minimum absolute atomic E-state index is 0.164. The lowest BCUT2D eigenvalue weighted by Crippen LogP contribution is -2.60. The maximum Gasteiger partial charge on any atom is 0.245 e. The van der Waals surface area contributed by atoms with Crippen LogP contribution in [-0.4, -0.2) is 144 Å². The molecule has 4 N–H and O–H groups in total. The number of likely N-dealkylation sites (N-methyl/N-ethyl adjacent to an activating group) is 2. The van der Waals surface area contributed by atoms with Crippen molar-refractivity contribution < 1.29 is 48.6 Å². The summed E-state index contributed by atoms with van der Waals surface area (Å²) in [6, 6.07) is 6.99. The highest BCUT2D eigenvalue weighted by Crippen LogP contribution is 2.40. The van der Waals surface area contributed by atoms with E-state index in [0.29, 0.717) is 19.4 Å². The number of carbonyl (C=O) groups excluding carboxylic acids is 2.